The third-order valence-corrected chi connectivity index (χ3v) is 3.64. The molecular formula is C17H15N3O6. The van der Waals surface area contributed by atoms with Gasteiger partial charge < -0.3 is 18.6 Å². The van der Waals surface area contributed by atoms with Crippen LogP contribution < -0.4 is 14.2 Å². The van der Waals surface area contributed by atoms with E-state index in [0.29, 0.717) is 28.4 Å². The lowest BCUT2D eigenvalue weighted by molar-refractivity contribution is -0.384. The van der Waals surface area contributed by atoms with E-state index >= 15 is 0 Å². The molecule has 0 aliphatic rings. The average molecular weight is 357 g/mol. The molecule has 0 N–H and O–H groups in total. The van der Waals surface area contributed by atoms with E-state index in [1.165, 1.54) is 33.5 Å². The topological polar surface area (TPSA) is 110 Å². The minimum Gasteiger partial charge on any atom is -0.493 e. The Labute approximate surface area is 148 Å². The fourth-order valence-corrected chi connectivity index (χ4v) is 2.41. The van der Waals surface area contributed by atoms with Crippen LogP contribution in [0.5, 0.6) is 17.2 Å². The predicted octanol–water partition coefficient (Wildman–Crippen LogP) is 3.34. The first-order valence-corrected chi connectivity index (χ1v) is 7.46. The molecule has 26 heavy (non-hydrogen) atoms. The van der Waals surface area contributed by atoms with Crippen LogP contribution in [0.15, 0.2) is 40.8 Å². The van der Waals surface area contributed by atoms with Gasteiger partial charge in [0.15, 0.2) is 11.5 Å². The number of nitro benzene ring substituents is 1. The summed E-state index contributed by atoms with van der Waals surface area (Å²) in [7, 11) is 4.51. The Bertz CT molecular complexity index is 928. The second-order valence-corrected chi connectivity index (χ2v) is 5.13. The lowest BCUT2D eigenvalue weighted by atomic mass is 10.2. The molecule has 1 aromatic heterocycles. The van der Waals surface area contributed by atoms with E-state index in [-0.39, 0.29) is 17.5 Å². The molecule has 0 saturated carbocycles. The Morgan fingerprint density at radius 3 is 2.08 bits per heavy atom. The number of hydrogen-bond acceptors (Lipinski definition) is 8. The summed E-state index contributed by atoms with van der Waals surface area (Å²) in [6, 6.07) is 9.31. The van der Waals surface area contributed by atoms with Crippen molar-refractivity contribution in [2.75, 3.05) is 21.3 Å². The van der Waals surface area contributed by atoms with Gasteiger partial charge in [0.1, 0.15) is 0 Å². The minimum absolute atomic E-state index is 0.0602. The number of methoxy groups -OCH3 is 3. The highest BCUT2D eigenvalue weighted by Gasteiger charge is 2.18. The van der Waals surface area contributed by atoms with Crippen molar-refractivity contribution in [2.45, 2.75) is 0 Å². The van der Waals surface area contributed by atoms with Crippen LogP contribution in [0, 0.1) is 10.1 Å². The molecule has 0 spiro atoms. The minimum atomic E-state index is -0.486. The SMILES string of the molecule is COc1cc(-c2nnc(-c3cccc([N+](=O)[O-])c3)o2)cc(OC)c1OC. The molecule has 2 aromatic carbocycles. The Kier molecular flexibility index (Phi) is 4.70. The zero-order valence-electron chi connectivity index (χ0n) is 14.3. The van der Waals surface area contributed by atoms with Gasteiger partial charge in [-0.05, 0) is 18.2 Å². The molecule has 0 saturated heterocycles. The lowest BCUT2D eigenvalue weighted by Crippen LogP contribution is -1.95. The Morgan fingerprint density at radius 1 is 0.923 bits per heavy atom. The normalized spacial score (nSPS) is 10.4. The largest absolute Gasteiger partial charge is 0.493 e. The molecule has 9 heteroatoms. The predicted molar refractivity (Wildman–Crippen MR) is 91.5 cm³/mol. The Balaban J connectivity index is 2.02. The number of benzene rings is 2. The van der Waals surface area contributed by atoms with Gasteiger partial charge in [-0.3, -0.25) is 10.1 Å². The molecule has 0 bridgehead atoms. The van der Waals surface area contributed by atoms with Crippen LogP contribution in [0.4, 0.5) is 5.69 Å². The standard InChI is InChI=1S/C17H15N3O6/c1-23-13-8-11(9-14(24-2)15(13)25-3)17-19-18-16(26-17)10-5-4-6-12(7-10)20(21)22/h4-9H,1-3H3. The zero-order valence-corrected chi connectivity index (χ0v) is 14.3. The first-order valence-electron chi connectivity index (χ1n) is 7.46. The molecular weight excluding hydrogens is 342 g/mol. The van der Waals surface area contributed by atoms with Crippen LogP contribution in [0.3, 0.4) is 0 Å². The zero-order chi connectivity index (χ0) is 18.7. The van der Waals surface area contributed by atoms with Crippen molar-refractivity contribution in [2.24, 2.45) is 0 Å². The fraction of sp³-hybridized carbons (Fsp3) is 0.176. The Morgan fingerprint density at radius 2 is 1.54 bits per heavy atom. The molecule has 0 fully saturated rings. The number of hydrogen-bond donors (Lipinski definition) is 0. The van der Waals surface area contributed by atoms with Gasteiger partial charge in [-0.25, -0.2) is 0 Å². The summed E-state index contributed by atoms with van der Waals surface area (Å²) in [5, 5.41) is 18.9. The van der Waals surface area contributed by atoms with Gasteiger partial charge in [-0.1, -0.05) is 6.07 Å². The molecule has 3 aromatic rings. The molecule has 0 aliphatic heterocycles. The third-order valence-electron chi connectivity index (χ3n) is 3.64. The molecule has 0 atom stereocenters. The van der Waals surface area contributed by atoms with E-state index in [1.54, 1.807) is 24.3 Å². The fourth-order valence-electron chi connectivity index (χ4n) is 2.41. The van der Waals surface area contributed by atoms with Crippen molar-refractivity contribution in [3.05, 3.63) is 46.5 Å². The van der Waals surface area contributed by atoms with Gasteiger partial charge in [-0.2, -0.15) is 0 Å². The van der Waals surface area contributed by atoms with Crippen LogP contribution in [0.2, 0.25) is 0 Å². The first-order chi connectivity index (χ1) is 12.6. The van der Waals surface area contributed by atoms with Gasteiger partial charge in [0.2, 0.25) is 17.5 Å². The van der Waals surface area contributed by atoms with Gasteiger partial charge in [0, 0.05) is 23.3 Å². The second kappa shape index (κ2) is 7.09. The molecule has 0 amide bonds. The van der Waals surface area contributed by atoms with Crippen LogP contribution >= 0.6 is 0 Å². The quantitative estimate of drug-likeness (QED) is 0.488. The number of ether oxygens (including phenoxy) is 3. The van der Waals surface area contributed by atoms with Crippen molar-refractivity contribution in [1.29, 1.82) is 0 Å². The van der Waals surface area contributed by atoms with E-state index in [9.17, 15) is 10.1 Å². The molecule has 1 heterocycles. The van der Waals surface area contributed by atoms with Crippen LogP contribution in [0.1, 0.15) is 0 Å². The van der Waals surface area contributed by atoms with E-state index in [0.717, 1.165) is 0 Å². The second-order valence-electron chi connectivity index (χ2n) is 5.13. The summed E-state index contributed by atoms with van der Waals surface area (Å²) < 4.78 is 21.6. The number of aromatic nitrogens is 2. The summed E-state index contributed by atoms with van der Waals surface area (Å²) >= 11 is 0. The van der Waals surface area contributed by atoms with E-state index in [2.05, 4.69) is 10.2 Å². The highest BCUT2D eigenvalue weighted by Crippen LogP contribution is 2.41. The molecule has 3 rings (SSSR count). The summed E-state index contributed by atoms with van der Waals surface area (Å²) in [6.45, 7) is 0. The van der Waals surface area contributed by atoms with Gasteiger partial charge in [-0.15, -0.1) is 10.2 Å². The van der Waals surface area contributed by atoms with Gasteiger partial charge in [0.05, 0.1) is 26.3 Å². The average Bonchev–Trinajstić information content (AvgIpc) is 3.17. The molecule has 0 radical (unpaired) electrons. The van der Waals surface area contributed by atoms with Crippen molar-refractivity contribution >= 4 is 5.69 Å². The number of nitrogens with zero attached hydrogens (tertiary/aromatic N) is 3. The molecule has 9 nitrogen and oxygen atoms in total. The maximum absolute atomic E-state index is 10.9. The molecule has 134 valence electrons. The van der Waals surface area contributed by atoms with Crippen molar-refractivity contribution in [3.63, 3.8) is 0 Å². The van der Waals surface area contributed by atoms with Crippen molar-refractivity contribution in [3.8, 4) is 40.2 Å². The monoisotopic (exact) mass is 357 g/mol. The number of nitro groups is 1. The third kappa shape index (κ3) is 3.14. The first kappa shape index (κ1) is 17.2. The van der Waals surface area contributed by atoms with Crippen LogP contribution in [-0.4, -0.2) is 36.5 Å². The highest BCUT2D eigenvalue weighted by atomic mass is 16.6. The molecule has 0 aliphatic carbocycles. The molecule has 0 unspecified atom stereocenters. The van der Waals surface area contributed by atoms with Crippen molar-refractivity contribution < 1.29 is 23.6 Å². The maximum Gasteiger partial charge on any atom is 0.270 e. The van der Waals surface area contributed by atoms with Gasteiger partial charge >= 0.3 is 0 Å². The summed E-state index contributed by atoms with van der Waals surface area (Å²) in [6.07, 6.45) is 0. The summed E-state index contributed by atoms with van der Waals surface area (Å²) in [5.41, 5.74) is 0.948. The van der Waals surface area contributed by atoms with Crippen LogP contribution in [0.25, 0.3) is 22.9 Å². The highest BCUT2D eigenvalue weighted by molar-refractivity contribution is 5.67. The smallest absolute Gasteiger partial charge is 0.270 e. The van der Waals surface area contributed by atoms with Gasteiger partial charge in [0.25, 0.3) is 5.69 Å². The Hall–Kier alpha value is -3.62. The lowest BCUT2D eigenvalue weighted by Gasteiger charge is -2.12. The number of rotatable bonds is 6. The van der Waals surface area contributed by atoms with Crippen LogP contribution in [-0.2, 0) is 0 Å². The maximum atomic E-state index is 10.9. The summed E-state index contributed by atoms with van der Waals surface area (Å²) in [5.74, 6) is 1.70. The number of non-ortho nitro benzene ring substituents is 1. The van der Waals surface area contributed by atoms with E-state index < -0.39 is 4.92 Å². The van der Waals surface area contributed by atoms with E-state index in [1.807, 2.05) is 0 Å². The van der Waals surface area contributed by atoms with Crippen molar-refractivity contribution in [1.82, 2.24) is 10.2 Å². The van der Waals surface area contributed by atoms with E-state index in [4.69, 9.17) is 18.6 Å². The summed E-state index contributed by atoms with van der Waals surface area (Å²) in [4.78, 5) is 10.4.